The molecule has 0 aromatic heterocycles. The number of carbonyl (C=O) groups excluding carboxylic acids is 3. The third-order valence-electron chi connectivity index (χ3n) is 2.15. The maximum absolute atomic E-state index is 11.8. The highest BCUT2D eigenvalue weighted by Gasteiger charge is 2.43. The molecule has 1 unspecified atom stereocenters. The monoisotopic (exact) mass is 247 g/mol. The molecule has 1 fully saturated rings. The quantitative estimate of drug-likeness (QED) is 0.699. The molecule has 0 aliphatic carbocycles. The molecular weight excluding hydrogens is 233 g/mol. The molecular formula is C10H14FNO5. The number of nitrogens with zero attached hydrogens (tertiary/aromatic N) is 1. The molecule has 0 spiro atoms. The molecule has 1 aliphatic rings. The number of amides is 2. The Balaban J connectivity index is 2.81. The van der Waals surface area contributed by atoms with E-state index in [1.54, 1.807) is 20.8 Å². The summed E-state index contributed by atoms with van der Waals surface area (Å²) in [5.74, 6) is -1.84. The molecule has 1 saturated heterocycles. The average Bonchev–Trinajstić information content (AvgIpc) is 2.56. The van der Waals surface area contributed by atoms with Crippen LogP contribution in [0, 0.1) is 0 Å². The van der Waals surface area contributed by atoms with Crippen molar-refractivity contribution in [2.45, 2.75) is 45.3 Å². The van der Waals surface area contributed by atoms with Crippen LogP contribution in [0.2, 0.25) is 0 Å². The molecule has 0 aromatic rings. The number of rotatable bonds is 1. The zero-order valence-corrected chi connectivity index (χ0v) is 9.86. The first-order valence-electron chi connectivity index (χ1n) is 5.13. The summed E-state index contributed by atoms with van der Waals surface area (Å²) in [6.45, 7) is 4.86. The molecule has 0 bridgehead atoms. The molecule has 17 heavy (non-hydrogen) atoms. The first-order chi connectivity index (χ1) is 7.76. The van der Waals surface area contributed by atoms with E-state index in [1.807, 2.05) is 0 Å². The Bertz CT molecular complexity index is 349. The standard InChI is InChI=1S/C10H14FNO5/c1-10(2,3)16-9(15)12-6(8(14)17-11)4-5-7(12)13/h6H,4-5H2,1-3H3. The van der Waals surface area contributed by atoms with Crippen molar-refractivity contribution in [1.29, 1.82) is 0 Å². The maximum Gasteiger partial charge on any atom is 0.417 e. The van der Waals surface area contributed by atoms with Gasteiger partial charge in [0.2, 0.25) is 5.91 Å². The van der Waals surface area contributed by atoms with E-state index in [4.69, 9.17) is 4.74 Å². The van der Waals surface area contributed by atoms with Crippen LogP contribution in [0.3, 0.4) is 0 Å². The van der Waals surface area contributed by atoms with Gasteiger partial charge >= 0.3 is 12.1 Å². The first-order valence-corrected chi connectivity index (χ1v) is 5.13. The smallest absolute Gasteiger partial charge is 0.417 e. The summed E-state index contributed by atoms with van der Waals surface area (Å²) in [5, 5.41) is 0. The Morgan fingerprint density at radius 3 is 2.47 bits per heavy atom. The highest BCUT2D eigenvalue weighted by atomic mass is 19.3. The van der Waals surface area contributed by atoms with E-state index in [0.717, 1.165) is 0 Å². The normalized spacial score (nSPS) is 20.4. The van der Waals surface area contributed by atoms with Gasteiger partial charge in [-0.1, -0.05) is 0 Å². The highest BCUT2D eigenvalue weighted by molar-refractivity contribution is 5.99. The lowest BCUT2D eigenvalue weighted by Gasteiger charge is -2.25. The Morgan fingerprint density at radius 2 is 2.00 bits per heavy atom. The van der Waals surface area contributed by atoms with Gasteiger partial charge in [-0.25, -0.2) is 14.5 Å². The predicted molar refractivity (Wildman–Crippen MR) is 53.3 cm³/mol. The molecule has 0 N–H and O–H groups in total. The summed E-state index contributed by atoms with van der Waals surface area (Å²) < 4.78 is 16.8. The van der Waals surface area contributed by atoms with E-state index in [1.165, 1.54) is 0 Å². The van der Waals surface area contributed by atoms with E-state index < -0.39 is 29.6 Å². The van der Waals surface area contributed by atoms with Crippen LogP contribution >= 0.6 is 0 Å². The Hall–Kier alpha value is -1.66. The SMILES string of the molecule is CC(C)(C)OC(=O)N1C(=O)CCC1C(=O)OF. The van der Waals surface area contributed by atoms with Gasteiger partial charge in [0.15, 0.2) is 0 Å². The first kappa shape index (κ1) is 13.4. The number of hydrogen-bond donors (Lipinski definition) is 0. The van der Waals surface area contributed by atoms with Crippen molar-refractivity contribution in [3.05, 3.63) is 0 Å². The maximum atomic E-state index is 11.8. The predicted octanol–water partition coefficient (Wildman–Crippen LogP) is 1.34. The van der Waals surface area contributed by atoms with Gasteiger partial charge in [-0.3, -0.25) is 9.74 Å². The van der Waals surface area contributed by atoms with Gasteiger partial charge in [0.25, 0.3) is 0 Å². The van der Waals surface area contributed by atoms with Gasteiger partial charge in [0.1, 0.15) is 11.6 Å². The minimum atomic E-state index is -1.26. The third kappa shape index (κ3) is 3.15. The zero-order valence-electron chi connectivity index (χ0n) is 9.86. The van der Waals surface area contributed by atoms with Gasteiger partial charge in [-0.2, -0.15) is 0 Å². The van der Waals surface area contributed by atoms with Crippen LogP contribution in [0.4, 0.5) is 9.32 Å². The summed E-state index contributed by atoms with van der Waals surface area (Å²) >= 11 is 0. The molecule has 96 valence electrons. The summed E-state index contributed by atoms with van der Waals surface area (Å²) in [6, 6.07) is -1.23. The summed E-state index contributed by atoms with van der Waals surface area (Å²) in [4.78, 5) is 37.8. The second kappa shape index (κ2) is 4.68. The third-order valence-corrected chi connectivity index (χ3v) is 2.15. The number of hydrogen-bond acceptors (Lipinski definition) is 5. The van der Waals surface area contributed by atoms with Crippen LogP contribution in [-0.2, 0) is 19.3 Å². The average molecular weight is 247 g/mol. The lowest BCUT2D eigenvalue weighted by atomic mass is 10.2. The molecule has 0 saturated carbocycles. The van der Waals surface area contributed by atoms with Crippen LogP contribution in [-0.4, -0.2) is 34.5 Å². The second-order valence-electron chi connectivity index (χ2n) is 4.69. The fraction of sp³-hybridized carbons (Fsp3) is 0.700. The van der Waals surface area contributed by atoms with Crippen LogP contribution in [0.1, 0.15) is 33.6 Å². The number of carbonyl (C=O) groups is 3. The summed E-state index contributed by atoms with van der Waals surface area (Å²) in [6.07, 6.45) is -0.935. The molecule has 1 aliphatic heterocycles. The second-order valence-corrected chi connectivity index (χ2v) is 4.69. The van der Waals surface area contributed by atoms with Crippen molar-refractivity contribution in [2.24, 2.45) is 0 Å². The lowest BCUT2D eigenvalue weighted by molar-refractivity contribution is -0.189. The molecule has 2 amide bonds. The zero-order chi connectivity index (χ0) is 13.2. The van der Waals surface area contributed by atoms with Gasteiger partial charge in [-0.05, 0) is 27.2 Å². The topological polar surface area (TPSA) is 72.9 Å². The molecule has 6 nitrogen and oxygen atoms in total. The van der Waals surface area contributed by atoms with E-state index in [9.17, 15) is 18.9 Å². The van der Waals surface area contributed by atoms with Crippen LogP contribution < -0.4 is 0 Å². The van der Waals surface area contributed by atoms with Crippen LogP contribution in [0.5, 0.6) is 0 Å². The van der Waals surface area contributed by atoms with Crippen LogP contribution in [0.15, 0.2) is 0 Å². The molecule has 1 heterocycles. The van der Waals surface area contributed by atoms with E-state index >= 15 is 0 Å². The van der Waals surface area contributed by atoms with Crippen LogP contribution in [0.25, 0.3) is 0 Å². The van der Waals surface area contributed by atoms with Crippen molar-refractivity contribution in [3.8, 4) is 0 Å². The molecule has 1 atom stereocenters. The lowest BCUT2D eigenvalue weighted by Crippen LogP contribution is -2.45. The van der Waals surface area contributed by atoms with Crippen molar-refractivity contribution < 1.29 is 28.6 Å². The van der Waals surface area contributed by atoms with Gasteiger partial charge in [0.05, 0.1) is 0 Å². The number of imide groups is 1. The molecule has 0 radical (unpaired) electrons. The highest BCUT2D eigenvalue weighted by Crippen LogP contribution is 2.23. The minimum absolute atomic E-state index is 0.0149. The van der Waals surface area contributed by atoms with E-state index in [0.29, 0.717) is 4.90 Å². The largest absolute Gasteiger partial charge is 0.443 e. The van der Waals surface area contributed by atoms with Crippen molar-refractivity contribution >= 4 is 18.0 Å². The van der Waals surface area contributed by atoms with Gasteiger partial charge in [-0.15, -0.1) is 0 Å². The fourth-order valence-corrected chi connectivity index (χ4v) is 1.50. The van der Waals surface area contributed by atoms with Crippen molar-refractivity contribution in [2.75, 3.05) is 0 Å². The minimum Gasteiger partial charge on any atom is -0.443 e. The van der Waals surface area contributed by atoms with Gasteiger partial charge < -0.3 is 4.74 Å². The fourth-order valence-electron chi connectivity index (χ4n) is 1.50. The van der Waals surface area contributed by atoms with Crippen molar-refractivity contribution in [1.82, 2.24) is 4.90 Å². The Labute approximate surface area is 97.6 Å². The van der Waals surface area contributed by atoms with Gasteiger partial charge in [0, 0.05) is 10.9 Å². The van der Waals surface area contributed by atoms with Crippen molar-refractivity contribution in [3.63, 3.8) is 0 Å². The Morgan fingerprint density at radius 1 is 1.41 bits per heavy atom. The van der Waals surface area contributed by atoms with E-state index in [2.05, 4.69) is 4.94 Å². The number of likely N-dealkylation sites (tertiary alicyclic amines) is 1. The number of ether oxygens (including phenoxy) is 1. The van der Waals surface area contributed by atoms with E-state index in [-0.39, 0.29) is 12.8 Å². The molecule has 1 rings (SSSR count). The summed E-state index contributed by atoms with van der Waals surface area (Å²) in [7, 11) is 0. The molecule has 7 heteroatoms. The molecule has 0 aromatic carbocycles. The number of halogens is 1. The summed E-state index contributed by atoms with van der Waals surface area (Å²) in [5.41, 5.74) is -0.801. The Kier molecular flexibility index (Phi) is 3.69.